The third kappa shape index (κ3) is 4.07. The summed E-state index contributed by atoms with van der Waals surface area (Å²) in [6.45, 7) is 6.43. The summed E-state index contributed by atoms with van der Waals surface area (Å²) in [5.41, 5.74) is 3.50. The number of benzene rings is 1. The normalized spacial score (nSPS) is 18.2. The van der Waals surface area contributed by atoms with Crippen molar-refractivity contribution in [3.8, 4) is 0 Å². The van der Waals surface area contributed by atoms with Gasteiger partial charge in [0.2, 0.25) is 5.91 Å². The fourth-order valence-electron chi connectivity index (χ4n) is 2.78. The van der Waals surface area contributed by atoms with E-state index in [2.05, 4.69) is 42.7 Å². The van der Waals surface area contributed by atoms with Gasteiger partial charge in [0.25, 0.3) is 0 Å². The van der Waals surface area contributed by atoms with Gasteiger partial charge in [-0.2, -0.15) is 0 Å². The molecule has 0 aliphatic carbocycles. The van der Waals surface area contributed by atoms with E-state index in [0.717, 1.165) is 38.0 Å². The van der Waals surface area contributed by atoms with Crippen molar-refractivity contribution in [2.45, 2.75) is 46.0 Å². The van der Waals surface area contributed by atoms with Gasteiger partial charge in [-0.25, -0.2) is 0 Å². The van der Waals surface area contributed by atoms with Crippen LogP contribution in [0.3, 0.4) is 0 Å². The fraction of sp³-hybridized carbons (Fsp3) is 0.588. The summed E-state index contributed by atoms with van der Waals surface area (Å²) in [7, 11) is 0. The Bertz CT molecular complexity index is 450. The molecule has 20 heavy (non-hydrogen) atoms. The van der Waals surface area contributed by atoms with E-state index in [9.17, 15) is 4.79 Å². The first-order valence-electron chi connectivity index (χ1n) is 7.85. The molecule has 1 fully saturated rings. The zero-order valence-corrected chi connectivity index (χ0v) is 12.7. The molecule has 110 valence electrons. The van der Waals surface area contributed by atoms with Crippen LogP contribution in [-0.4, -0.2) is 19.0 Å². The Balaban J connectivity index is 1.91. The summed E-state index contributed by atoms with van der Waals surface area (Å²) >= 11 is 0. The van der Waals surface area contributed by atoms with Crippen molar-refractivity contribution in [1.29, 1.82) is 0 Å². The maximum absolute atomic E-state index is 12.1. The number of anilines is 1. The summed E-state index contributed by atoms with van der Waals surface area (Å²) in [4.78, 5) is 12.1. The SMILES string of the molecule is CCc1ccc(CC)c(NC(=O)CCC2CCNC2)c1. The van der Waals surface area contributed by atoms with Gasteiger partial charge in [-0.15, -0.1) is 0 Å². The molecule has 3 nitrogen and oxygen atoms in total. The molecule has 0 spiro atoms. The molecule has 3 heteroatoms. The van der Waals surface area contributed by atoms with Crippen LogP contribution in [0.2, 0.25) is 0 Å². The highest BCUT2D eigenvalue weighted by Crippen LogP contribution is 2.20. The lowest BCUT2D eigenvalue weighted by Crippen LogP contribution is -2.16. The van der Waals surface area contributed by atoms with Crippen molar-refractivity contribution in [2.24, 2.45) is 5.92 Å². The van der Waals surface area contributed by atoms with E-state index in [4.69, 9.17) is 0 Å². The Morgan fingerprint density at radius 3 is 2.85 bits per heavy atom. The number of carbonyl (C=O) groups is 1. The lowest BCUT2D eigenvalue weighted by atomic mass is 10.0. The van der Waals surface area contributed by atoms with E-state index >= 15 is 0 Å². The lowest BCUT2D eigenvalue weighted by molar-refractivity contribution is -0.116. The second-order valence-corrected chi connectivity index (χ2v) is 5.64. The van der Waals surface area contributed by atoms with Gasteiger partial charge in [-0.1, -0.05) is 26.0 Å². The molecule has 1 saturated heterocycles. The number of hydrogen-bond acceptors (Lipinski definition) is 2. The van der Waals surface area contributed by atoms with Gasteiger partial charge in [-0.05, 0) is 61.9 Å². The minimum Gasteiger partial charge on any atom is -0.326 e. The van der Waals surface area contributed by atoms with Gasteiger partial charge in [-0.3, -0.25) is 4.79 Å². The number of hydrogen-bond donors (Lipinski definition) is 2. The Hall–Kier alpha value is -1.35. The molecule has 2 rings (SSSR count). The van der Waals surface area contributed by atoms with Crippen molar-refractivity contribution < 1.29 is 4.79 Å². The highest BCUT2D eigenvalue weighted by Gasteiger charge is 2.16. The van der Waals surface area contributed by atoms with E-state index < -0.39 is 0 Å². The molecule has 1 aliphatic heterocycles. The van der Waals surface area contributed by atoms with Crippen LogP contribution >= 0.6 is 0 Å². The van der Waals surface area contributed by atoms with E-state index in [1.165, 1.54) is 17.5 Å². The predicted molar refractivity (Wildman–Crippen MR) is 84.0 cm³/mol. The van der Waals surface area contributed by atoms with Gasteiger partial charge < -0.3 is 10.6 Å². The molecule has 1 amide bonds. The standard InChI is InChI=1S/C17H26N2O/c1-3-13-5-7-15(4-2)16(11-13)19-17(20)8-6-14-9-10-18-12-14/h5,7,11,14,18H,3-4,6,8-10,12H2,1-2H3,(H,19,20). The molecule has 1 aromatic carbocycles. The number of carbonyl (C=O) groups excluding carboxylic acids is 1. The average Bonchev–Trinajstić information content (AvgIpc) is 2.98. The van der Waals surface area contributed by atoms with Crippen molar-refractivity contribution in [1.82, 2.24) is 5.32 Å². The van der Waals surface area contributed by atoms with Crippen molar-refractivity contribution in [3.63, 3.8) is 0 Å². The van der Waals surface area contributed by atoms with Crippen LogP contribution in [0, 0.1) is 5.92 Å². The zero-order chi connectivity index (χ0) is 14.4. The minimum atomic E-state index is 0.153. The molecule has 1 heterocycles. The van der Waals surface area contributed by atoms with Gasteiger partial charge >= 0.3 is 0 Å². The average molecular weight is 274 g/mol. The predicted octanol–water partition coefficient (Wildman–Crippen LogP) is 3.14. The molecule has 0 aromatic heterocycles. The largest absolute Gasteiger partial charge is 0.326 e. The topological polar surface area (TPSA) is 41.1 Å². The Morgan fingerprint density at radius 2 is 2.20 bits per heavy atom. The molecule has 0 radical (unpaired) electrons. The van der Waals surface area contributed by atoms with Crippen molar-refractivity contribution in [2.75, 3.05) is 18.4 Å². The maximum atomic E-state index is 12.1. The van der Waals surface area contributed by atoms with Crippen LogP contribution < -0.4 is 10.6 Å². The van der Waals surface area contributed by atoms with E-state index in [-0.39, 0.29) is 5.91 Å². The Labute approximate surface area is 122 Å². The summed E-state index contributed by atoms with van der Waals surface area (Å²) in [6.07, 6.45) is 4.78. The van der Waals surface area contributed by atoms with E-state index in [0.29, 0.717) is 12.3 Å². The quantitative estimate of drug-likeness (QED) is 0.836. The smallest absolute Gasteiger partial charge is 0.224 e. The first kappa shape index (κ1) is 15.0. The van der Waals surface area contributed by atoms with Crippen LogP contribution in [0.5, 0.6) is 0 Å². The maximum Gasteiger partial charge on any atom is 0.224 e. The summed E-state index contributed by atoms with van der Waals surface area (Å²) in [6, 6.07) is 6.40. The van der Waals surface area contributed by atoms with Crippen molar-refractivity contribution >= 4 is 11.6 Å². The first-order valence-corrected chi connectivity index (χ1v) is 7.85. The Kier molecular flexibility index (Phi) is 5.60. The second kappa shape index (κ2) is 7.44. The fourth-order valence-corrected chi connectivity index (χ4v) is 2.78. The number of amides is 1. The molecular formula is C17H26N2O. The van der Waals surface area contributed by atoms with Crippen LogP contribution in [0.15, 0.2) is 18.2 Å². The molecule has 2 N–H and O–H groups in total. The highest BCUT2D eigenvalue weighted by atomic mass is 16.1. The van der Waals surface area contributed by atoms with Gasteiger partial charge in [0.15, 0.2) is 0 Å². The monoisotopic (exact) mass is 274 g/mol. The minimum absolute atomic E-state index is 0.153. The van der Waals surface area contributed by atoms with E-state index in [1.807, 2.05) is 0 Å². The molecule has 0 bridgehead atoms. The molecular weight excluding hydrogens is 248 g/mol. The van der Waals surface area contributed by atoms with E-state index in [1.54, 1.807) is 0 Å². The first-order chi connectivity index (χ1) is 9.72. The number of rotatable bonds is 6. The van der Waals surface area contributed by atoms with Gasteiger partial charge in [0.1, 0.15) is 0 Å². The third-order valence-corrected chi connectivity index (χ3v) is 4.18. The second-order valence-electron chi connectivity index (χ2n) is 5.64. The van der Waals surface area contributed by atoms with Crippen LogP contribution in [0.4, 0.5) is 5.69 Å². The molecule has 1 atom stereocenters. The highest BCUT2D eigenvalue weighted by molar-refractivity contribution is 5.91. The lowest BCUT2D eigenvalue weighted by Gasteiger charge is -2.13. The molecule has 0 saturated carbocycles. The van der Waals surface area contributed by atoms with Crippen molar-refractivity contribution in [3.05, 3.63) is 29.3 Å². The Morgan fingerprint density at radius 1 is 1.35 bits per heavy atom. The van der Waals surface area contributed by atoms with Crippen LogP contribution in [0.25, 0.3) is 0 Å². The van der Waals surface area contributed by atoms with Crippen LogP contribution in [-0.2, 0) is 17.6 Å². The number of nitrogens with one attached hydrogen (secondary N) is 2. The van der Waals surface area contributed by atoms with Gasteiger partial charge in [0.05, 0.1) is 0 Å². The molecule has 1 aromatic rings. The number of aryl methyl sites for hydroxylation is 2. The molecule has 1 unspecified atom stereocenters. The van der Waals surface area contributed by atoms with Gasteiger partial charge in [0, 0.05) is 12.1 Å². The zero-order valence-electron chi connectivity index (χ0n) is 12.7. The molecule has 1 aliphatic rings. The summed E-state index contributed by atoms with van der Waals surface area (Å²) in [5, 5.41) is 6.45. The van der Waals surface area contributed by atoms with Crippen LogP contribution in [0.1, 0.15) is 44.2 Å². The summed E-state index contributed by atoms with van der Waals surface area (Å²) in [5.74, 6) is 0.827. The summed E-state index contributed by atoms with van der Waals surface area (Å²) < 4.78 is 0. The third-order valence-electron chi connectivity index (χ3n) is 4.18.